The highest BCUT2D eigenvalue weighted by atomic mass is 32.2. The van der Waals surface area contributed by atoms with Gasteiger partial charge in [-0.25, -0.2) is 8.42 Å². The van der Waals surface area contributed by atoms with Gasteiger partial charge in [0, 0.05) is 12.0 Å². The van der Waals surface area contributed by atoms with Crippen molar-refractivity contribution in [2.75, 3.05) is 12.3 Å². The van der Waals surface area contributed by atoms with Gasteiger partial charge in [0.05, 0.1) is 16.6 Å². The predicted octanol–water partition coefficient (Wildman–Crippen LogP) is 1.72. The van der Waals surface area contributed by atoms with Crippen molar-refractivity contribution in [1.82, 2.24) is 0 Å². The minimum atomic E-state index is -3.16. The molecule has 0 aliphatic heterocycles. The van der Waals surface area contributed by atoms with E-state index in [0.717, 1.165) is 12.8 Å². The molecule has 1 aliphatic carbocycles. The molecule has 1 rings (SSSR count). The van der Waals surface area contributed by atoms with Crippen LogP contribution in [0.5, 0.6) is 0 Å². The van der Waals surface area contributed by atoms with E-state index in [9.17, 15) is 13.5 Å². The van der Waals surface area contributed by atoms with Gasteiger partial charge in [0.2, 0.25) is 0 Å². The number of aliphatic hydroxyl groups excluding tert-OH is 1. The van der Waals surface area contributed by atoms with Crippen molar-refractivity contribution < 1.29 is 13.5 Å². The minimum Gasteiger partial charge on any atom is -0.392 e. The van der Waals surface area contributed by atoms with E-state index in [1.807, 2.05) is 13.8 Å². The molecule has 0 radical (unpaired) electrons. The molecule has 19 heavy (non-hydrogen) atoms. The first-order valence-corrected chi connectivity index (χ1v) is 8.64. The second-order valence-corrected chi connectivity index (χ2v) is 10.5. The fourth-order valence-electron chi connectivity index (χ4n) is 2.89. The Labute approximate surface area is 117 Å². The number of hydrogen-bond acceptors (Lipinski definition) is 4. The molecule has 1 fully saturated rings. The summed E-state index contributed by atoms with van der Waals surface area (Å²) < 4.78 is 23.7. The second kappa shape index (κ2) is 5.01. The molecule has 2 atom stereocenters. The SMILES string of the molecule is CC1(C)CCC(CN)(CCS(=O)(=O)C(C)(C)C)C1O. The highest BCUT2D eigenvalue weighted by Crippen LogP contribution is 2.50. The lowest BCUT2D eigenvalue weighted by Gasteiger charge is -2.36. The Kier molecular flexibility index (Phi) is 4.46. The van der Waals surface area contributed by atoms with Crippen LogP contribution in [-0.4, -0.2) is 36.7 Å². The van der Waals surface area contributed by atoms with E-state index in [1.165, 1.54) is 0 Å². The molecule has 0 aromatic rings. The summed E-state index contributed by atoms with van der Waals surface area (Å²) >= 11 is 0. The van der Waals surface area contributed by atoms with Gasteiger partial charge in [-0.15, -0.1) is 0 Å². The summed E-state index contributed by atoms with van der Waals surface area (Å²) in [5, 5.41) is 10.5. The summed E-state index contributed by atoms with van der Waals surface area (Å²) in [6, 6.07) is 0. The van der Waals surface area contributed by atoms with E-state index in [4.69, 9.17) is 5.73 Å². The smallest absolute Gasteiger partial charge is 0.155 e. The first-order chi connectivity index (χ1) is 8.38. The molecule has 0 heterocycles. The molecule has 0 aromatic heterocycles. The van der Waals surface area contributed by atoms with E-state index in [0.29, 0.717) is 13.0 Å². The summed E-state index contributed by atoms with van der Waals surface area (Å²) in [5.41, 5.74) is 5.25. The van der Waals surface area contributed by atoms with Crippen LogP contribution >= 0.6 is 0 Å². The van der Waals surface area contributed by atoms with E-state index in [2.05, 4.69) is 0 Å². The maximum atomic E-state index is 12.2. The van der Waals surface area contributed by atoms with Crippen molar-refractivity contribution >= 4 is 9.84 Å². The third-order valence-electron chi connectivity index (χ3n) is 4.80. The van der Waals surface area contributed by atoms with E-state index in [-0.39, 0.29) is 11.2 Å². The monoisotopic (exact) mass is 291 g/mol. The quantitative estimate of drug-likeness (QED) is 0.826. The van der Waals surface area contributed by atoms with Crippen LogP contribution in [0, 0.1) is 10.8 Å². The number of rotatable bonds is 4. The van der Waals surface area contributed by atoms with Crippen molar-refractivity contribution in [2.45, 2.75) is 64.7 Å². The third kappa shape index (κ3) is 3.14. The summed E-state index contributed by atoms with van der Waals surface area (Å²) in [6.45, 7) is 9.53. The number of hydrogen-bond donors (Lipinski definition) is 2. The van der Waals surface area contributed by atoms with Gasteiger partial charge in [0.1, 0.15) is 0 Å². The van der Waals surface area contributed by atoms with Gasteiger partial charge >= 0.3 is 0 Å². The Morgan fingerprint density at radius 1 is 1.26 bits per heavy atom. The van der Waals surface area contributed by atoms with Gasteiger partial charge in [-0.3, -0.25) is 0 Å². The average Bonchev–Trinajstić information content (AvgIpc) is 2.49. The van der Waals surface area contributed by atoms with Crippen molar-refractivity contribution in [3.8, 4) is 0 Å². The minimum absolute atomic E-state index is 0.0981. The zero-order chi connectivity index (χ0) is 15.1. The molecule has 0 saturated heterocycles. The van der Waals surface area contributed by atoms with Gasteiger partial charge in [-0.1, -0.05) is 13.8 Å². The van der Waals surface area contributed by atoms with Crippen LogP contribution in [0.1, 0.15) is 53.9 Å². The predicted molar refractivity (Wildman–Crippen MR) is 78.7 cm³/mol. The molecule has 1 aliphatic rings. The molecule has 3 N–H and O–H groups in total. The molecule has 0 amide bonds. The van der Waals surface area contributed by atoms with E-state index < -0.39 is 26.1 Å². The van der Waals surface area contributed by atoms with Crippen LogP contribution in [0.2, 0.25) is 0 Å². The van der Waals surface area contributed by atoms with Crippen LogP contribution in [0.3, 0.4) is 0 Å². The maximum absolute atomic E-state index is 12.2. The fourth-order valence-corrected chi connectivity index (χ4v) is 4.18. The summed E-state index contributed by atoms with van der Waals surface area (Å²) in [7, 11) is -3.16. The normalized spacial score (nSPS) is 31.6. The molecule has 0 bridgehead atoms. The molecule has 114 valence electrons. The molecule has 4 nitrogen and oxygen atoms in total. The first kappa shape index (κ1) is 16.9. The molecular weight excluding hydrogens is 262 g/mol. The Hall–Kier alpha value is -0.130. The lowest BCUT2D eigenvalue weighted by molar-refractivity contribution is -0.00629. The van der Waals surface area contributed by atoms with Gasteiger partial charge in [0.15, 0.2) is 9.84 Å². The summed E-state index contributed by atoms with van der Waals surface area (Å²) in [6.07, 6.45) is 1.62. The summed E-state index contributed by atoms with van der Waals surface area (Å²) in [4.78, 5) is 0. The van der Waals surface area contributed by atoms with Crippen molar-refractivity contribution in [2.24, 2.45) is 16.6 Å². The third-order valence-corrected chi connectivity index (χ3v) is 7.40. The zero-order valence-corrected chi connectivity index (χ0v) is 13.7. The Morgan fingerprint density at radius 3 is 2.11 bits per heavy atom. The van der Waals surface area contributed by atoms with Crippen LogP contribution in [0.25, 0.3) is 0 Å². The molecule has 2 unspecified atom stereocenters. The lowest BCUT2D eigenvalue weighted by Crippen LogP contribution is -2.44. The highest BCUT2D eigenvalue weighted by molar-refractivity contribution is 7.92. The van der Waals surface area contributed by atoms with Gasteiger partial charge in [-0.05, 0) is 45.4 Å². The Bertz CT molecular complexity index is 422. The van der Waals surface area contributed by atoms with Crippen LogP contribution in [0.15, 0.2) is 0 Å². The van der Waals surface area contributed by atoms with Gasteiger partial charge < -0.3 is 10.8 Å². The van der Waals surface area contributed by atoms with Crippen molar-refractivity contribution in [3.05, 3.63) is 0 Å². The molecule has 0 spiro atoms. The number of aliphatic hydroxyl groups is 1. The topological polar surface area (TPSA) is 80.4 Å². The molecule has 1 saturated carbocycles. The average molecular weight is 291 g/mol. The second-order valence-electron chi connectivity index (χ2n) is 7.64. The first-order valence-electron chi connectivity index (χ1n) is 6.98. The largest absolute Gasteiger partial charge is 0.392 e. The highest BCUT2D eigenvalue weighted by Gasteiger charge is 2.51. The van der Waals surface area contributed by atoms with Crippen LogP contribution in [0.4, 0.5) is 0 Å². The Balaban J connectivity index is 2.87. The standard InChI is InChI=1S/C14H29NO3S/c1-12(2,3)19(17,18)9-8-14(10-15)7-6-13(4,5)11(14)16/h11,16H,6-10,15H2,1-5H3. The van der Waals surface area contributed by atoms with Gasteiger partial charge in [-0.2, -0.15) is 0 Å². The summed E-state index contributed by atoms with van der Waals surface area (Å²) in [5.74, 6) is 0.0981. The molecule has 0 aromatic carbocycles. The van der Waals surface area contributed by atoms with E-state index in [1.54, 1.807) is 20.8 Å². The van der Waals surface area contributed by atoms with Crippen molar-refractivity contribution in [3.63, 3.8) is 0 Å². The van der Waals surface area contributed by atoms with E-state index >= 15 is 0 Å². The van der Waals surface area contributed by atoms with Crippen molar-refractivity contribution in [1.29, 1.82) is 0 Å². The number of sulfone groups is 1. The number of nitrogens with two attached hydrogens (primary N) is 1. The lowest BCUT2D eigenvalue weighted by atomic mass is 9.76. The zero-order valence-electron chi connectivity index (χ0n) is 12.9. The molecular formula is C14H29NO3S. The molecule has 5 heteroatoms. The van der Waals surface area contributed by atoms with Crippen LogP contribution < -0.4 is 5.73 Å². The van der Waals surface area contributed by atoms with Crippen LogP contribution in [-0.2, 0) is 9.84 Å². The van der Waals surface area contributed by atoms with Gasteiger partial charge in [0.25, 0.3) is 0 Å². The maximum Gasteiger partial charge on any atom is 0.155 e. The Morgan fingerprint density at radius 2 is 1.79 bits per heavy atom. The fraction of sp³-hybridized carbons (Fsp3) is 1.00.